The third-order valence-corrected chi connectivity index (χ3v) is 2.21. The van der Waals surface area contributed by atoms with Gasteiger partial charge in [-0.05, 0) is 27.3 Å². The Bertz CT molecular complexity index is 233. The van der Waals surface area contributed by atoms with Crippen LogP contribution in [0.15, 0.2) is 0 Å². The van der Waals surface area contributed by atoms with Gasteiger partial charge in [0.1, 0.15) is 0 Å². The molecule has 0 amide bonds. The summed E-state index contributed by atoms with van der Waals surface area (Å²) >= 11 is 0. The zero-order valence-corrected chi connectivity index (χ0v) is 10.8. The molecular weight excluding hydrogens is 210 g/mol. The van der Waals surface area contributed by atoms with Gasteiger partial charge in [-0.2, -0.15) is 0 Å². The van der Waals surface area contributed by atoms with Crippen molar-refractivity contribution in [3.8, 4) is 0 Å². The smallest absolute Gasteiger partial charge is 0.338 e. The largest absolute Gasteiger partial charge is 0.467 e. The Morgan fingerprint density at radius 3 is 2.06 bits per heavy atom. The molecule has 0 radical (unpaired) electrons. The van der Waals surface area contributed by atoms with Crippen LogP contribution in [0.1, 0.15) is 27.7 Å². The van der Waals surface area contributed by atoms with Crippen LogP contribution in [0.3, 0.4) is 0 Å². The molecule has 1 unspecified atom stereocenters. The molecule has 1 atom stereocenters. The van der Waals surface area contributed by atoms with Gasteiger partial charge in [0.2, 0.25) is 0 Å². The van der Waals surface area contributed by atoms with E-state index < -0.39 is 17.2 Å². The van der Waals surface area contributed by atoms with E-state index in [4.69, 9.17) is 0 Å². The molecule has 96 valence electrons. The number of likely N-dealkylation sites (N-methyl/N-ethyl adjacent to an activating group) is 1. The van der Waals surface area contributed by atoms with Crippen LogP contribution >= 0.6 is 0 Å². The van der Waals surface area contributed by atoms with Crippen molar-refractivity contribution >= 4 is 5.97 Å². The van der Waals surface area contributed by atoms with Gasteiger partial charge in [-0.25, -0.2) is 4.79 Å². The lowest BCUT2D eigenvalue weighted by Gasteiger charge is -2.32. The highest BCUT2D eigenvalue weighted by molar-refractivity contribution is 5.78. The van der Waals surface area contributed by atoms with E-state index in [1.165, 1.54) is 14.0 Å². The van der Waals surface area contributed by atoms with Crippen molar-refractivity contribution in [2.45, 2.75) is 38.9 Å². The molecule has 5 nitrogen and oxygen atoms in total. The molecule has 0 aliphatic rings. The quantitative estimate of drug-likeness (QED) is 0.632. The van der Waals surface area contributed by atoms with E-state index in [2.05, 4.69) is 4.74 Å². The first-order valence-electron chi connectivity index (χ1n) is 5.38. The number of hydrogen-bond acceptors (Lipinski definition) is 5. The Morgan fingerprint density at radius 1 is 1.25 bits per heavy atom. The van der Waals surface area contributed by atoms with Gasteiger partial charge in [0.25, 0.3) is 0 Å². The van der Waals surface area contributed by atoms with Crippen molar-refractivity contribution in [2.24, 2.45) is 0 Å². The molecule has 0 aliphatic heterocycles. The molecule has 0 aromatic rings. The minimum Gasteiger partial charge on any atom is -0.467 e. The second-order valence-corrected chi connectivity index (χ2v) is 4.88. The van der Waals surface area contributed by atoms with Gasteiger partial charge < -0.3 is 14.9 Å². The van der Waals surface area contributed by atoms with E-state index >= 15 is 0 Å². The third-order valence-electron chi connectivity index (χ3n) is 2.21. The fraction of sp³-hybridized carbons (Fsp3) is 0.909. The summed E-state index contributed by atoms with van der Waals surface area (Å²) in [5.41, 5.74) is -2.40. The van der Waals surface area contributed by atoms with Gasteiger partial charge in [-0.3, -0.25) is 4.90 Å². The monoisotopic (exact) mass is 233 g/mol. The molecule has 0 saturated heterocycles. The Kier molecular flexibility index (Phi) is 5.38. The SMILES string of the molecule is CCN(CC(C)(C)O)CC(C)(O)C(=O)OC. The molecule has 0 heterocycles. The molecule has 0 spiro atoms. The van der Waals surface area contributed by atoms with Crippen LogP contribution in [-0.4, -0.2) is 59.0 Å². The van der Waals surface area contributed by atoms with Crippen LogP contribution in [0.25, 0.3) is 0 Å². The van der Waals surface area contributed by atoms with E-state index in [9.17, 15) is 15.0 Å². The highest BCUT2D eigenvalue weighted by atomic mass is 16.5. The van der Waals surface area contributed by atoms with Crippen molar-refractivity contribution in [1.82, 2.24) is 4.90 Å². The van der Waals surface area contributed by atoms with Crippen molar-refractivity contribution in [2.75, 3.05) is 26.7 Å². The molecule has 0 fully saturated rings. The van der Waals surface area contributed by atoms with E-state index in [1.807, 2.05) is 6.92 Å². The van der Waals surface area contributed by atoms with Gasteiger partial charge in [0.05, 0.1) is 12.7 Å². The standard InChI is InChI=1S/C11H23NO4/c1-6-12(7-10(2,3)14)8-11(4,15)9(13)16-5/h14-15H,6-8H2,1-5H3. The van der Waals surface area contributed by atoms with Crippen LogP contribution in [0, 0.1) is 0 Å². The van der Waals surface area contributed by atoms with Gasteiger partial charge in [-0.15, -0.1) is 0 Å². The predicted molar refractivity (Wildman–Crippen MR) is 61.1 cm³/mol. The number of nitrogens with zero attached hydrogens (tertiary/aromatic N) is 1. The lowest BCUT2D eigenvalue weighted by Crippen LogP contribution is -2.50. The summed E-state index contributed by atoms with van der Waals surface area (Å²) in [6, 6.07) is 0. The van der Waals surface area contributed by atoms with Crippen LogP contribution < -0.4 is 0 Å². The maximum Gasteiger partial charge on any atom is 0.338 e. The molecule has 16 heavy (non-hydrogen) atoms. The number of rotatable bonds is 6. The summed E-state index contributed by atoms with van der Waals surface area (Å²) in [6.45, 7) is 7.84. The van der Waals surface area contributed by atoms with Crippen LogP contribution in [0.4, 0.5) is 0 Å². The van der Waals surface area contributed by atoms with Gasteiger partial charge >= 0.3 is 5.97 Å². The molecule has 0 saturated carbocycles. The molecule has 0 rings (SSSR count). The summed E-state index contributed by atoms with van der Waals surface area (Å²) in [7, 11) is 1.24. The minimum absolute atomic E-state index is 0.139. The number of carbonyl (C=O) groups is 1. The first-order chi connectivity index (χ1) is 7.12. The first-order valence-corrected chi connectivity index (χ1v) is 5.38. The fourth-order valence-corrected chi connectivity index (χ4v) is 1.55. The average molecular weight is 233 g/mol. The molecule has 0 aromatic heterocycles. The van der Waals surface area contributed by atoms with Crippen LogP contribution in [0.5, 0.6) is 0 Å². The van der Waals surface area contributed by atoms with Crippen molar-refractivity contribution in [3.63, 3.8) is 0 Å². The highest BCUT2D eigenvalue weighted by Gasteiger charge is 2.34. The topological polar surface area (TPSA) is 70.0 Å². The molecule has 5 heteroatoms. The molecular formula is C11H23NO4. The normalized spacial score (nSPS) is 16.0. The Balaban J connectivity index is 4.48. The van der Waals surface area contributed by atoms with E-state index in [0.29, 0.717) is 13.1 Å². The summed E-state index contributed by atoms with van der Waals surface area (Å²) in [6.07, 6.45) is 0. The lowest BCUT2D eigenvalue weighted by atomic mass is 10.0. The van der Waals surface area contributed by atoms with Crippen LogP contribution in [0.2, 0.25) is 0 Å². The Hall–Kier alpha value is -0.650. The predicted octanol–water partition coefficient (Wildman–Crippen LogP) is 0.00320. The zero-order chi connectivity index (χ0) is 13.0. The summed E-state index contributed by atoms with van der Waals surface area (Å²) in [5.74, 6) is -0.665. The summed E-state index contributed by atoms with van der Waals surface area (Å²) in [4.78, 5) is 13.1. The Labute approximate surface area is 97.0 Å². The number of methoxy groups -OCH3 is 1. The number of hydrogen-bond donors (Lipinski definition) is 2. The molecule has 0 bridgehead atoms. The number of aliphatic hydroxyl groups is 2. The summed E-state index contributed by atoms with van der Waals surface area (Å²) < 4.78 is 4.51. The number of esters is 1. The van der Waals surface area contributed by atoms with Gasteiger partial charge in [-0.1, -0.05) is 6.92 Å². The lowest BCUT2D eigenvalue weighted by molar-refractivity contribution is -0.162. The van der Waals surface area contributed by atoms with E-state index in [-0.39, 0.29) is 6.54 Å². The molecule has 0 aliphatic carbocycles. The maximum atomic E-state index is 11.3. The maximum absolute atomic E-state index is 11.3. The van der Waals surface area contributed by atoms with E-state index in [1.54, 1.807) is 18.7 Å². The minimum atomic E-state index is -1.55. The van der Waals surface area contributed by atoms with Gasteiger partial charge in [0, 0.05) is 13.1 Å². The Morgan fingerprint density at radius 2 is 1.75 bits per heavy atom. The van der Waals surface area contributed by atoms with Crippen molar-refractivity contribution < 1.29 is 19.7 Å². The number of carbonyl (C=O) groups excluding carboxylic acids is 1. The molecule has 0 aromatic carbocycles. The van der Waals surface area contributed by atoms with Gasteiger partial charge in [0.15, 0.2) is 5.60 Å². The second kappa shape index (κ2) is 5.61. The second-order valence-electron chi connectivity index (χ2n) is 4.88. The van der Waals surface area contributed by atoms with Crippen molar-refractivity contribution in [3.05, 3.63) is 0 Å². The first kappa shape index (κ1) is 15.3. The van der Waals surface area contributed by atoms with Crippen LogP contribution in [-0.2, 0) is 9.53 Å². The zero-order valence-electron chi connectivity index (χ0n) is 10.8. The van der Waals surface area contributed by atoms with E-state index in [0.717, 1.165) is 0 Å². The summed E-state index contributed by atoms with van der Waals surface area (Å²) in [5, 5.41) is 19.6. The highest BCUT2D eigenvalue weighted by Crippen LogP contribution is 2.12. The fourth-order valence-electron chi connectivity index (χ4n) is 1.55. The third kappa shape index (κ3) is 5.44. The van der Waals surface area contributed by atoms with Crippen molar-refractivity contribution in [1.29, 1.82) is 0 Å². The number of ether oxygens (including phenoxy) is 1. The molecule has 2 N–H and O–H groups in total. The average Bonchev–Trinajstić information content (AvgIpc) is 2.12.